The minimum absolute atomic E-state index is 0.112. The fraction of sp³-hybridized carbons (Fsp3) is 0.765. The zero-order valence-corrected chi connectivity index (χ0v) is 16.2. The van der Waals surface area contributed by atoms with E-state index in [-0.39, 0.29) is 18.9 Å². The average Bonchev–Trinajstić information content (AvgIpc) is 3.20. The first-order chi connectivity index (χ1) is 13.5. The summed E-state index contributed by atoms with van der Waals surface area (Å²) >= 11 is 0. The van der Waals surface area contributed by atoms with E-state index in [2.05, 4.69) is 0 Å². The van der Waals surface area contributed by atoms with E-state index < -0.39 is 57.7 Å². The third kappa shape index (κ3) is 3.68. The number of carbonyl (C=O) groups is 2. The topological polar surface area (TPSA) is 166 Å². The van der Waals surface area contributed by atoms with E-state index in [9.17, 15) is 28.2 Å². The summed E-state index contributed by atoms with van der Waals surface area (Å²) in [5.74, 6) is -1.61. The second kappa shape index (κ2) is 7.00. The van der Waals surface area contributed by atoms with Gasteiger partial charge in [0.2, 0.25) is 0 Å². The highest BCUT2D eigenvalue weighted by Crippen LogP contribution is 2.51. The van der Waals surface area contributed by atoms with Crippen molar-refractivity contribution in [1.82, 2.24) is 0 Å². The molecule has 0 aromatic carbocycles. The summed E-state index contributed by atoms with van der Waals surface area (Å²) < 4.78 is 52.1. The van der Waals surface area contributed by atoms with E-state index in [1.807, 2.05) is 6.08 Å². The van der Waals surface area contributed by atoms with Gasteiger partial charge in [-0.1, -0.05) is 11.6 Å². The third-order valence-corrected chi connectivity index (χ3v) is 6.88. The lowest BCUT2D eigenvalue weighted by atomic mass is 9.63. The smallest absolute Gasteiger partial charge is 0.338 e. The summed E-state index contributed by atoms with van der Waals surface area (Å²) in [6.45, 7) is -1.20. The van der Waals surface area contributed by atoms with Crippen molar-refractivity contribution < 1.29 is 51.7 Å². The highest BCUT2D eigenvalue weighted by Gasteiger charge is 2.54. The molecule has 29 heavy (non-hydrogen) atoms. The molecule has 0 spiro atoms. The number of cyclic esters (lactones) is 1. The van der Waals surface area contributed by atoms with Gasteiger partial charge in [-0.25, -0.2) is 4.79 Å². The standard InChI is InChI=1S/C17H22O11S/c18-13-12-11(7-25-13)27-14(28-12)10-4-9-2-1-3-16(5-9,6-10)15(19)26-8-17(20,21)29(22,23)24/h4,10-12,14,20-21H,1-3,5-8H2,(H,22,23,24). The van der Waals surface area contributed by atoms with Crippen LogP contribution in [0.3, 0.4) is 0 Å². The molecule has 4 rings (SSSR count). The Kier molecular flexibility index (Phi) is 4.99. The highest BCUT2D eigenvalue weighted by atomic mass is 32.2. The highest BCUT2D eigenvalue weighted by molar-refractivity contribution is 7.86. The molecule has 2 bridgehead atoms. The van der Waals surface area contributed by atoms with Crippen molar-refractivity contribution in [2.45, 2.75) is 55.7 Å². The van der Waals surface area contributed by atoms with Gasteiger partial charge < -0.3 is 29.2 Å². The number of aliphatic hydroxyl groups is 2. The molecular weight excluding hydrogens is 412 g/mol. The van der Waals surface area contributed by atoms with Crippen molar-refractivity contribution in [2.24, 2.45) is 11.3 Å². The zero-order valence-electron chi connectivity index (χ0n) is 15.4. The van der Waals surface area contributed by atoms with E-state index in [4.69, 9.17) is 23.5 Å². The van der Waals surface area contributed by atoms with Gasteiger partial charge in [0.1, 0.15) is 12.7 Å². The van der Waals surface area contributed by atoms with Crippen LogP contribution in [0.5, 0.6) is 0 Å². The fourth-order valence-corrected chi connectivity index (χ4v) is 4.71. The molecule has 4 aliphatic rings. The van der Waals surface area contributed by atoms with Crippen LogP contribution < -0.4 is 0 Å². The lowest BCUT2D eigenvalue weighted by Gasteiger charge is -2.43. The molecule has 0 aromatic heterocycles. The van der Waals surface area contributed by atoms with Gasteiger partial charge in [-0.2, -0.15) is 8.42 Å². The Morgan fingerprint density at radius 1 is 1.34 bits per heavy atom. The van der Waals surface area contributed by atoms with Gasteiger partial charge in [0.25, 0.3) is 0 Å². The summed E-state index contributed by atoms with van der Waals surface area (Å²) in [7, 11) is -5.25. The van der Waals surface area contributed by atoms with Crippen LogP contribution in [-0.2, 0) is 38.7 Å². The van der Waals surface area contributed by atoms with Crippen LogP contribution in [0.15, 0.2) is 11.6 Å². The van der Waals surface area contributed by atoms with Crippen molar-refractivity contribution in [2.75, 3.05) is 13.2 Å². The molecule has 5 atom stereocenters. The van der Waals surface area contributed by atoms with Crippen molar-refractivity contribution in [3.63, 3.8) is 0 Å². The minimum Gasteiger partial charge on any atom is -0.461 e. The Morgan fingerprint density at radius 3 is 2.79 bits per heavy atom. The number of fused-ring (bicyclic) bond motifs is 3. The van der Waals surface area contributed by atoms with E-state index in [0.29, 0.717) is 19.3 Å². The number of ether oxygens (including phenoxy) is 4. The number of rotatable bonds is 5. The maximum atomic E-state index is 12.8. The molecule has 2 aliphatic heterocycles. The van der Waals surface area contributed by atoms with Gasteiger partial charge in [-0.3, -0.25) is 9.35 Å². The molecule has 0 radical (unpaired) electrons. The SMILES string of the molecule is O=C1OCC2OC(C3C=C4CCCC(C(=O)OCC(O)(O)S(=O)(=O)O)(C4)C3)OC12. The maximum absolute atomic E-state index is 12.8. The predicted octanol–water partition coefficient (Wildman–Crippen LogP) is -0.771. The van der Waals surface area contributed by atoms with Crippen LogP contribution in [-0.4, -0.2) is 72.0 Å². The lowest BCUT2D eigenvalue weighted by Crippen LogP contribution is -2.47. The van der Waals surface area contributed by atoms with Crippen molar-refractivity contribution in [3.05, 3.63) is 11.6 Å². The first kappa shape index (κ1) is 20.7. The number of esters is 2. The van der Waals surface area contributed by atoms with Gasteiger partial charge in [0.05, 0.1) is 5.41 Å². The molecule has 12 heteroatoms. The summed E-state index contributed by atoms with van der Waals surface area (Å²) in [6, 6.07) is 0. The lowest BCUT2D eigenvalue weighted by molar-refractivity contribution is -0.183. The van der Waals surface area contributed by atoms with Crippen LogP contribution in [0, 0.1) is 11.3 Å². The van der Waals surface area contributed by atoms with Gasteiger partial charge in [0, 0.05) is 5.92 Å². The molecule has 3 N–H and O–H groups in total. The normalized spacial score (nSPS) is 36.9. The summed E-state index contributed by atoms with van der Waals surface area (Å²) in [5.41, 5.74) is -0.0157. The molecule has 2 aliphatic carbocycles. The van der Waals surface area contributed by atoms with Crippen LogP contribution in [0.2, 0.25) is 0 Å². The Bertz CT molecular complexity index is 847. The molecule has 11 nitrogen and oxygen atoms in total. The number of allylic oxidation sites excluding steroid dienone is 1. The largest absolute Gasteiger partial charge is 0.461 e. The first-order valence-corrected chi connectivity index (χ1v) is 10.7. The van der Waals surface area contributed by atoms with E-state index >= 15 is 0 Å². The number of hydrogen-bond donors (Lipinski definition) is 3. The molecular formula is C17H22O11S. The van der Waals surface area contributed by atoms with Crippen molar-refractivity contribution >= 4 is 22.1 Å². The molecule has 162 valence electrons. The van der Waals surface area contributed by atoms with Crippen molar-refractivity contribution in [1.29, 1.82) is 0 Å². The molecule has 5 unspecified atom stereocenters. The van der Waals surface area contributed by atoms with Gasteiger partial charge in [-0.15, -0.1) is 0 Å². The maximum Gasteiger partial charge on any atom is 0.338 e. The molecule has 2 heterocycles. The van der Waals surface area contributed by atoms with Gasteiger partial charge >= 0.3 is 27.2 Å². The predicted molar refractivity (Wildman–Crippen MR) is 91.3 cm³/mol. The van der Waals surface area contributed by atoms with Crippen molar-refractivity contribution in [3.8, 4) is 0 Å². The van der Waals surface area contributed by atoms with Gasteiger partial charge in [-0.05, 0) is 32.1 Å². The Balaban J connectivity index is 1.48. The first-order valence-electron chi connectivity index (χ1n) is 9.27. The zero-order chi connectivity index (χ0) is 21.0. The summed E-state index contributed by atoms with van der Waals surface area (Å²) in [4.78, 5) is 24.5. The summed E-state index contributed by atoms with van der Waals surface area (Å²) in [6.07, 6.45) is 2.55. The van der Waals surface area contributed by atoms with Crippen LogP contribution in [0.25, 0.3) is 0 Å². The van der Waals surface area contributed by atoms with Gasteiger partial charge in [0.15, 0.2) is 19.0 Å². The summed E-state index contributed by atoms with van der Waals surface area (Å²) in [5, 5.41) is 15.2. The molecule has 0 aromatic rings. The Labute approximate surface area is 166 Å². The molecule has 0 amide bonds. The quantitative estimate of drug-likeness (QED) is 0.215. The Hall–Kier alpha value is -1.57. The fourth-order valence-electron chi connectivity index (χ4n) is 4.50. The Morgan fingerprint density at radius 2 is 2.10 bits per heavy atom. The number of carbonyl (C=O) groups excluding carboxylic acids is 2. The average molecular weight is 434 g/mol. The second-order valence-electron chi connectivity index (χ2n) is 8.03. The van der Waals surface area contributed by atoms with E-state index in [0.717, 1.165) is 12.0 Å². The third-order valence-electron chi connectivity index (χ3n) is 5.93. The monoisotopic (exact) mass is 434 g/mol. The number of hydrogen-bond acceptors (Lipinski definition) is 10. The van der Waals surface area contributed by atoms with Crippen LogP contribution in [0.4, 0.5) is 0 Å². The van der Waals surface area contributed by atoms with Crippen LogP contribution >= 0.6 is 0 Å². The molecule has 1 saturated carbocycles. The molecule has 2 saturated heterocycles. The molecule has 3 fully saturated rings. The van der Waals surface area contributed by atoms with E-state index in [1.54, 1.807) is 0 Å². The minimum atomic E-state index is -5.25. The second-order valence-corrected chi connectivity index (χ2v) is 9.63. The van der Waals surface area contributed by atoms with Crippen LogP contribution in [0.1, 0.15) is 32.1 Å². The van der Waals surface area contributed by atoms with E-state index in [1.165, 1.54) is 0 Å².